The summed E-state index contributed by atoms with van der Waals surface area (Å²) in [4.78, 5) is 38.3. The van der Waals surface area contributed by atoms with E-state index in [0.29, 0.717) is 32.1 Å². The maximum absolute atomic E-state index is 12.6. The first-order valence-corrected chi connectivity index (χ1v) is 9.45. The molecular weight excluding hydrogens is 350 g/mol. The average molecular weight is 369 g/mol. The van der Waals surface area contributed by atoms with Crippen LogP contribution in [0.4, 0.5) is 11.6 Å². The molecule has 0 bridgehead atoms. The van der Waals surface area contributed by atoms with E-state index in [9.17, 15) is 9.59 Å². The van der Waals surface area contributed by atoms with Gasteiger partial charge in [0.1, 0.15) is 0 Å². The predicted octanol–water partition coefficient (Wildman–Crippen LogP) is 1.63. The highest BCUT2D eigenvalue weighted by Gasteiger charge is 2.31. The van der Waals surface area contributed by atoms with Crippen molar-refractivity contribution in [2.24, 2.45) is 0 Å². The molecule has 1 saturated heterocycles. The monoisotopic (exact) mass is 369 g/mol. The highest BCUT2D eigenvalue weighted by molar-refractivity contribution is 8.01. The van der Waals surface area contributed by atoms with E-state index in [0.717, 1.165) is 10.6 Å². The van der Waals surface area contributed by atoms with Crippen molar-refractivity contribution in [1.82, 2.24) is 14.9 Å². The largest absolute Gasteiger partial charge is 0.339 e. The summed E-state index contributed by atoms with van der Waals surface area (Å²) in [7, 11) is 0. The standard InChI is InChI=1S/C18H19N5O2S/c24-16(12-15-17(25)21-13-4-1-2-5-14(13)26-15)22-8-10-23(11-9-22)18-19-6-3-7-20-18/h1-7,15H,8-12H2,(H,21,25). The minimum atomic E-state index is -0.382. The Morgan fingerprint density at radius 1 is 1.12 bits per heavy atom. The van der Waals surface area contributed by atoms with Gasteiger partial charge in [0.25, 0.3) is 0 Å². The molecule has 4 rings (SSSR count). The van der Waals surface area contributed by atoms with Crippen molar-refractivity contribution in [2.45, 2.75) is 16.6 Å². The molecule has 0 spiro atoms. The van der Waals surface area contributed by atoms with E-state index in [2.05, 4.69) is 20.2 Å². The van der Waals surface area contributed by atoms with E-state index in [1.54, 1.807) is 18.5 Å². The number of rotatable bonds is 3. The maximum atomic E-state index is 12.6. The van der Waals surface area contributed by atoms with E-state index in [4.69, 9.17) is 0 Å². The molecule has 0 radical (unpaired) electrons. The summed E-state index contributed by atoms with van der Waals surface area (Å²) in [6, 6.07) is 9.46. The number of benzene rings is 1. The zero-order valence-electron chi connectivity index (χ0n) is 14.2. The van der Waals surface area contributed by atoms with Crippen LogP contribution in [0.25, 0.3) is 0 Å². The average Bonchev–Trinajstić information content (AvgIpc) is 2.69. The molecule has 2 aliphatic rings. The minimum Gasteiger partial charge on any atom is -0.339 e. The SMILES string of the molecule is O=C1Nc2ccccc2SC1CC(=O)N1CCN(c2ncccn2)CC1. The molecule has 2 aromatic rings. The fourth-order valence-corrected chi connectivity index (χ4v) is 4.23. The molecule has 7 nitrogen and oxygen atoms in total. The van der Waals surface area contributed by atoms with Crippen molar-refractivity contribution in [3.05, 3.63) is 42.7 Å². The number of carbonyl (C=O) groups excluding carboxylic acids is 2. The zero-order valence-corrected chi connectivity index (χ0v) is 15.0. The first-order chi connectivity index (χ1) is 12.7. The molecule has 0 aliphatic carbocycles. The van der Waals surface area contributed by atoms with Gasteiger partial charge in [-0.05, 0) is 18.2 Å². The number of hydrogen-bond acceptors (Lipinski definition) is 6. The van der Waals surface area contributed by atoms with Gasteiger partial charge in [-0.15, -0.1) is 11.8 Å². The lowest BCUT2D eigenvalue weighted by Gasteiger charge is -2.35. The Morgan fingerprint density at radius 2 is 1.85 bits per heavy atom. The highest BCUT2D eigenvalue weighted by atomic mass is 32.2. The summed E-state index contributed by atoms with van der Waals surface area (Å²) in [5.41, 5.74) is 0.822. The van der Waals surface area contributed by atoms with Crippen molar-refractivity contribution in [1.29, 1.82) is 0 Å². The Morgan fingerprint density at radius 3 is 2.62 bits per heavy atom. The molecule has 1 unspecified atom stereocenters. The van der Waals surface area contributed by atoms with E-state index in [1.165, 1.54) is 11.8 Å². The van der Waals surface area contributed by atoms with Gasteiger partial charge in [-0.3, -0.25) is 9.59 Å². The van der Waals surface area contributed by atoms with Crippen LogP contribution in [0.1, 0.15) is 6.42 Å². The van der Waals surface area contributed by atoms with Gasteiger partial charge in [0.05, 0.1) is 10.9 Å². The molecule has 2 amide bonds. The Kier molecular flexibility index (Phi) is 4.75. The van der Waals surface area contributed by atoms with Crippen LogP contribution in [-0.2, 0) is 9.59 Å². The number of nitrogens with one attached hydrogen (secondary N) is 1. The topological polar surface area (TPSA) is 78.4 Å². The fraction of sp³-hybridized carbons (Fsp3) is 0.333. The van der Waals surface area contributed by atoms with Gasteiger partial charge >= 0.3 is 0 Å². The summed E-state index contributed by atoms with van der Waals surface area (Å²) >= 11 is 1.46. The Hall–Kier alpha value is -2.61. The number of hydrogen-bond donors (Lipinski definition) is 1. The van der Waals surface area contributed by atoms with Gasteiger partial charge in [-0.25, -0.2) is 9.97 Å². The molecule has 8 heteroatoms. The first kappa shape index (κ1) is 16.8. The van der Waals surface area contributed by atoms with E-state index in [-0.39, 0.29) is 23.5 Å². The number of anilines is 2. The summed E-state index contributed by atoms with van der Waals surface area (Å²) in [6.07, 6.45) is 3.65. The molecule has 0 saturated carbocycles. The summed E-state index contributed by atoms with van der Waals surface area (Å²) < 4.78 is 0. The van der Waals surface area contributed by atoms with Crippen LogP contribution < -0.4 is 10.2 Å². The molecule has 2 aliphatic heterocycles. The second-order valence-corrected chi connectivity index (χ2v) is 7.46. The molecule has 1 aromatic carbocycles. The number of amides is 2. The second kappa shape index (κ2) is 7.33. The van der Waals surface area contributed by atoms with E-state index in [1.807, 2.05) is 29.2 Å². The molecule has 134 valence electrons. The number of para-hydroxylation sites is 1. The van der Waals surface area contributed by atoms with Crippen molar-refractivity contribution >= 4 is 35.2 Å². The van der Waals surface area contributed by atoms with Gasteiger partial charge in [-0.2, -0.15) is 0 Å². The fourth-order valence-electron chi connectivity index (χ4n) is 3.13. The Balaban J connectivity index is 1.34. The third-order valence-electron chi connectivity index (χ3n) is 4.53. The van der Waals surface area contributed by atoms with Gasteiger partial charge < -0.3 is 15.1 Å². The van der Waals surface area contributed by atoms with Crippen LogP contribution in [-0.4, -0.2) is 58.1 Å². The number of fused-ring (bicyclic) bond motifs is 1. The lowest BCUT2D eigenvalue weighted by Crippen LogP contribution is -2.50. The predicted molar refractivity (Wildman–Crippen MR) is 100 cm³/mol. The van der Waals surface area contributed by atoms with Gasteiger partial charge in [0.2, 0.25) is 17.8 Å². The number of aromatic nitrogens is 2. The zero-order chi connectivity index (χ0) is 17.9. The van der Waals surface area contributed by atoms with Crippen molar-refractivity contribution in [3.63, 3.8) is 0 Å². The molecule has 26 heavy (non-hydrogen) atoms. The van der Waals surface area contributed by atoms with E-state index < -0.39 is 0 Å². The maximum Gasteiger partial charge on any atom is 0.238 e. The molecule has 1 fully saturated rings. The van der Waals surface area contributed by atoms with Crippen molar-refractivity contribution < 1.29 is 9.59 Å². The molecular formula is C18H19N5O2S. The van der Waals surface area contributed by atoms with Gasteiger partial charge in [0.15, 0.2) is 0 Å². The number of piperazine rings is 1. The normalized spacial score (nSPS) is 19.7. The van der Waals surface area contributed by atoms with E-state index >= 15 is 0 Å². The smallest absolute Gasteiger partial charge is 0.238 e. The quantitative estimate of drug-likeness (QED) is 0.886. The molecule has 1 N–H and O–H groups in total. The van der Waals surface area contributed by atoms with Gasteiger partial charge in [0, 0.05) is 49.9 Å². The summed E-state index contributed by atoms with van der Waals surface area (Å²) in [5, 5.41) is 2.51. The van der Waals surface area contributed by atoms with Gasteiger partial charge in [-0.1, -0.05) is 12.1 Å². The number of thioether (sulfide) groups is 1. The molecule has 1 aromatic heterocycles. The number of nitrogens with zero attached hydrogens (tertiary/aromatic N) is 4. The Labute approximate surface area is 155 Å². The lowest BCUT2D eigenvalue weighted by atomic mass is 10.2. The highest BCUT2D eigenvalue weighted by Crippen LogP contribution is 2.36. The van der Waals surface area contributed by atoms with Crippen LogP contribution >= 0.6 is 11.8 Å². The minimum absolute atomic E-state index is 0.0191. The van der Waals surface area contributed by atoms with Crippen LogP contribution in [0.3, 0.4) is 0 Å². The van der Waals surface area contributed by atoms with Crippen LogP contribution in [0, 0.1) is 0 Å². The van der Waals surface area contributed by atoms with Crippen LogP contribution in [0.5, 0.6) is 0 Å². The number of carbonyl (C=O) groups is 2. The Bertz CT molecular complexity index is 808. The summed E-state index contributed by atoms with van der Waals surface area (Å²) in [5.74, 6) is 0.613. The van der Waals surface area contributed by atoms with Crippen LogP contribution in [0.15, 0.2) is 47.6 Å². The second-order valence-electron chi connectivity index (χ2n) is 6.21. The molecule has 1 atom stereocenters. The molecule has 3 heterocycles. The van der Waals surface area contributed by atoms with Crippen LogP contribution in [0.2, 0.25) is 0 Å². The third-order valence-corrected chi connectivity index (χ3v) is 5.81. The van der Waals surface area contributed by atoms with Crippen molar-refractivity contribution in [2.75, 3.05) is 36.4 Å². The first-order valence-electron chi connectivity index (χ1n) is 8.57. The third kappa shape index (κ3) is 3.50. The van der Waals surface area contributed by atoms with Crippen molar-refractivity contribution in [3.8, 4) is 0 Å². The lowest BCUT2D eigenvalue weighted by molar-refractivity contribution is -0.132. The summed E-state index contributed by atoms with van der Waals surface area (Å²) in [6.45, 7) is 2.63.